The molecule has 1 aliphatic rings. The summed E-state index contributed by atoms with van der Waals surface area (Å²) in [6, 6.07) is 0.0314. The van der Waals surface area contributed by atoms with E-state index in [1.807, 2.05) is 0 Å². The molecule has 0 aromatic carbocycles. The molecule has 1 fully saturated rings. The highest BCUT2D eigenvalue weighted by Gasteiger charge is 2.13. The van der Waals surface area contributed by atoms with Crippen LogP contribution in [0.25, 0.3) is 0 Å². The van der Waals surface area contributed by atoms with Crippen LogP contribution >= 0.6 is 0 Å². The third-order valence-electron chi connectivity index (χ3n) is 2.28. The van der Waals surface area contributed by atoms with Crippen molar-refractivity contribution >= 4 is 6.03 Å². The Morgan fingerprint density at radius 3 is 3.14 bits per heavy atom. The minimum absolute atomic E-state index is 0.0175. The molecule has 82 valence electrons. The first-order valence-electron chi connectivity index (χ1n) is 5.19. The highest BCUT2D eigenvalue weighted by atomic mass is 16.3. The van der Waals surface area contributed by atoms with E-state index < -0.39 is 0 Å². The number of hydrogen-bond acceptors (Lipinski definition) is 3. The van der Waals surface area contributed by atoms with Gasteiger partial charge in [-0.15, -0.1) is 0 Å². The lowest BCUT2D eigenvalue weighted by molar-refractivity contribution is 0.230. The van der Waals surface area contributed by atoms with Crippen LogP contribution in [0.2, 0.25) is 0 Å². The van der Waals surface area contributed by atoms with Gasteiger partial charge in [-0.25, -0.2) is 4.79 Å². The SMILES string of the molecule is O=C(NCCO)NC1CCCCNC1. The third kappa shape index (κ3) is 4.43. The van der Waals surface area contributed by atoms with Crippen molar-refractivity contribution in [3.63, 3.8) is 0 Å². The van der Waals surface area contributed by atoms with Crippen molar-refractivity contribution in [2.24, 2.45) is 0 Å². The Morgan fingerprint density at radius 2 is 2.36 bits per heavy atom. The third-order valence-corrected chi connectivity index (χ3v) is 2.28. The van der Waals surface area contributed by atoms with E-state index in [2.05, 4.69) is 16.0 Å². The van der Waals surface area contributed by atoms with Gasteiger partial charge in [-0.1, -0.05) is 6.42 Å². The van der Waals surface area contributed by atoms with E-state index >= 15 is 0 Å². The first-order chi connectivity index (χ1) is 6.83. The van der Waals surface area contributed by atoms with Crippen molar-refractivity contribution in [2.45, 2.75) is 25.3 Å². The summed E-state index contributed by atoms with van der Waals surface area (Å²) < 4.78 is 0. The Kier molecular flexibility index (Phi) is 5.32. The molecule has 0 bridgehead atoms. The van der Waals surface area contributed by atoms with Crippen LogP contribution in [0.4, 0.5) is 4.79 Å². The van der Waals surface area contributed by atoms with Crippen LogP contribution in [0.5, 0.6) is 0 Å². The lowest BCUT2D eigenvalue weighted by Gasteiger charge is -2.16. The molecular formula is C9H19N3O2. The minimum atomic E-state index is -0.187. The molecule has 0 aliphatic carbocycles. The predicted octanol–water partition coefficient (Wildman–Crippen LogP) is -0.580. The van der Waals surface area contributed by atoms with E-state index in [4.69, 9.17) is 5.11 Å². The standard InChI is InChI=1S/C9H19N3O2/c13-6-5-11-9(14)12-8-3-1-2-4-10-7-8/h8,10,13H,1-7H2,(H2,11,12,14). The Morgan fingerprint density at radius 1 is 1.50 bits per heavy atom. The summed E-state index contributed by atoms with van der Waals surface area (Å²) >= 11 is 0. The summed E-state index contributed by atoms with van der Waals surface area (Å²) in [5, 5.41) is 17.2. The molecule has 2 amide bonds. The van der Waals surface area contributed by atoms with Crippen LogP contribution in [0, 0.1) is 0 Å². The van der Waals surface area contributed by atoms with Crippen LogP contribution in [0.1, 0.15) is 19.3 Å². The lowest BCUT2D eigenvalue weighted by Crippen LogP contribution is -2.46. The molecule has 0 aromatic rings. The fourth-order valence-corrected chi connectivity index (χ4v) is 1.55. The van der Waals surface area contributed by atoms with E-state index in [1.54, 1.807) is 0 Å². The fraction of sp³-hybridized carbons (Fsp3) is 0.889. The molecule has 5 nitrogen and oxygen atoms in total. The van der Waals surface area contributed by atoms with Gasteiger partial charge in [0.05, 0.1) is 6.61 Å². The predicted molar refractivity (Wildman–Crippen MR) is 54.1 cm³/mol. The monoisotopic (exact) mass is 201 g/mol. The van der Waals surface area contributed by atoms with E-state index in [0.717, 1.165) is 25.9 Å². The number of nitrogens with one attached hydrogen (secondary N) is 3. The fourth-order valence-electron chi connectivity index (χ4n) is 1.55. The Bertz CT molecular complexity index is 167. The van der Waals surface area contributed by atoms with E-state index in [-0.39, 0.29) is 18.7 Å². The quantitative estimate of drug-likeness (QED) is 0.493. The molecule has 1 heterocycles. The van der Waals surface area contributed by atoms with Crippen molar-refractivity contribution in [1.29, 1.82) is 0 Å². The number of hydrogen-bond donors (Lipinski definition) is 4. The van der Waals surface area contributed by atoms with Gasteiger partial charge in [-0.05, 0) is 19.4 Å². The highest BCUT2D eigenvalue weighted by Crippen LogP contribution is 2.03. The van der Waals surface area contributed by atoms with Gasteiger partial charge in [0.25, 0.3) is 0 Å². The van der Waals surface area contributed by atoms with Gasteiger partial charge in [-0.2, -0.15) is 0 Å². The molecular weight excluding hydrogens is 182 g/mol. The zero-order chi connectivity index (χ0) is 10.2. The van der Waals surface area contributed by atoms with Crippen molar-refractivity contribution in [3.05, 3.63) is 0 Å². The molecule has 1 atom stereocenters. The number of rotatable bonds is 3. The van der Waals surface area contributed by atoms with Crippen molar-refractivity contribution in [1.82, 2.24) is 16.0 Å². The van der Waals surface area contributed by atoms with Gasteiger partial charge in [0.15, 0.2) is 0 Å². The summed E-state index contributed by atoms with van der Waals surface area (Å²) in [6.45, 7) is 2.17. The first-order valence-corrected chi connectivity index (χ1v) is 5.19. The van der Waals surface area contributed by atoms with Crippen LogP contribution in [-0.2, 0) is 0 Å². The van der Waals surface area contributed by atoms with Gasteiger partial charge < -0.3 is 21.1 Å². The van der Waals surface area contributed by atoms with Gasteiger partial charge in [0, 0.05) is 19.1 Å². The second kappa shape index (κ2) is 6.62. The van der Waals surface area contributed by atoms with Crippen LogP contribution < -0.4 is 16.0 Å². The molecule has 1 unspecified atom stereocenters. The summed E-state index contributed by atoms with van der Waals surface area (Å²) in [6.07, 6.45) is 3.36. The van der Waals surface area contributed by atoms with Gasteiger partial charge in [0.2, 0.25) is 0 Å². The van der Waals surface area contributed by atoms with Crippen molar-refractivity contribution in [2.75, 3.05) is 26.2 Å². The molecule has 1 aliphatic heterocycles. The summed E-state index contributed by atoms with van der Waals surface area (Å²) in [5.74, 6) is 0. The maximum absolute atomic E-state index is 11.2. The zero-order valence-corrected chi connectivity index (χ0v) is 8.38. The second-order valence-corrected chi connectivity index (χ2v) is 3.52. The first kappa shape index (κ1) is 11.3. The highest BCUT2D eigenvalue weighted by molar-refractivity contribution is 5.74. The Labute approximate surface area is 84.3 Å². The average molecular weight is 201 g/mol. The molecule has 4 N–H and O–H groups in total. The van der Waals surface area contributed by atoms with Crippen LogP contribution in [-0.4, -0.2) is 43.4 Å². The Hall–Kier alpha value is -0.810. The second-order valence-electron chi connectivity index (χ2n) is 3.52. The summed E-state index contributed by atoms with van der Waals surface area (Å²) in [4.78, 5) is 11.2. The van der Waals surface area contributed by atoms with Gasteiger partial charge in [-0.3, -0.25) is 0 Å². The van der Waals surface area contributed by atoms with E-state index in [9.17, 15) is 4.79 Å². The molecule has 0 spiro atoms. The molecule has 0 saturated carbocycles. The summed E-state index contributed by atoms with van der Waals surface area (Å²) in [7, 11) is 0. The summed E-state index contributed by atoms with van der Waals surface area (Å²) in [5.41, 5.74) is 0. The number of amides is 2. The molecule has 14 heavy (non-hydrogen) atoms. The smallest absolute Gasteiger partial charge is 0.315 e. The number of aliphatic hydroxyl groups is 1. The lowest BCUT2D eigenvalue weighted by atomic mass is 10.1. The van der Waals surface area contributed by atoms with Gasteiger partial charge in [0.1, 0.15) is 0 Å². The van der Waals surface area contributed by atoms with Crippen molar-refractivity contribution < 1.29 is 9.90 Å². The maximum Gasteiger partial charge on any atom is 0.315 e. The zero-order valence-electron chi connectivity index (χ0n) is 8.38. The van der Waals surface area contributed by atoms with E-state index in [0.29, 0.717) is 6.54 Å². The molecule has 0 aromatic heterocycles. The minimum Gasteiger partial charge on any atom is -0.395 e. The topological polar surface area (TPSA) is 73.4 Å². The van der Waals surface area contributed by atoms with Crippen molar-refractivity contribution in [3.8, 4) is 0 Å². The number of carbonyl (C=O) groups excluding carboxylic acids is 1. The number of aliphatic hydroxyl groups excluding tert-OH is 1. The average Bonchev–Trinajstić information content (AvgIpc) is 2.43. The Balaban J connectivity index is 2.17. The van der Waals surface area contributed by atoms with E-state index in [1.165, 1.54) is 6.42 Å². The largest absolute Gasteiger partial charge is 0.395 e. The number of carbonyl (C=O) groups is 1. The molecule has 1 rings (SSSR count). The molecule has 1 saturated heterocycles. The molecule has 5 heteroatoms. The maximum atomic E-state index is 11.2. The normalized spacial score (nSPS) is 22.5. The number of urea groups is 1. The molecule has 0 radical (unpaired) electrons. The van der Waals surface area contributed by atoms with Crippen LogP contribution in [0.3, 0.4) is 0 Å². The van der Waals surface area contributed by atoms with Crippen LogP contribution in [0.15, 0.2) is 0 Å². The van der Waals surface area contributed by atoms with Gasteiger partial charge >= 0.3 is 6.03 Å².